The van der Waals surface area contributed by atoms with E-state index in [0.717, 1.165) is 12.1 Å². The standard InChI is InChI=1S/C13H15F2NO3/c14-10-2-1-3-11(15)13(10)12(18)6-16-4-5-19-8-9(16)7-17/h1-3,9,17H,4-8H2. The molecule has 1 atom stereocenters. The van der Waals surface area contributed by atoms with Crippen LogP contribution in [-0.4, -0.2) is 54.7 Å². The Morgan fingerprint density at radius 1 is 1.42 bits per heavy atom. The summed E-state index contributed by atoms with van der Waals surface area (Å²) in [5.41, 5.74) is -0.523. The Labute approximate surface area is 109 Å². The smallest absolute Gasteiger partial charge is 0.182 e. The van der Waals surface area contributed by atoms with Gasteiger partial charge in [0.1, 0.15) is 11.6 Å². The molecule has 19 heavy (non-hydrogen) atoms. The fraction of sp³-hybridized carbons (Fsp3) is 0.462. The molecule has 1 N–H and O–H groups in total. The highest BCUT2D eigenvalue weighted by Gasteiger charge is 2.26. The van der Waals surface area contributed by atoms with Crippen molar-refractivity contribution in [1.82, 2.24) is 4.90 Å². The van der Waals surface area contributed by atoms with Gasteiger partial charge in [-0.2, -0.15) is 0 Å². The zero-order valence-corrected chi connectivity index (χ0v) is 10.3. The summed E-state index contributed by atoms with van der Waals surface area (Å²) in [6.45, 7) is 0.902. The lowest BCUT2D eigenvalue weighted by Gasteiger charge is -2.33. The van der Waals surface area contributed by atoms with Gasteiger partial charge >= 0.3 is 0 Å². The van der Waals surface area contributed by atoms with Crippen molar-refractivity contribution in [3.8, 4) is 0 Å². The molecule has 0 aliphatic carbocycles. The maximum atomic E-state index is 13.5. The zero-order valence-electron chi connectivity index (χ0n) is 10.3. The molecular formula is C13H15F2NO3. The molecule has 1 aromatic carbocycles. The lowest BCUT2D eigenvalue weighted by atomic mass is 10.1. The number of nitrogens with zero attached hydrogens (tertiary/aromatic N) is 1. The minimum absolute atomic E-state index is 0.133. The van der Waals surface area contributed by atoms with Gasteiger partial charge in [0.05, 0.1) is 38.0 Å². The third-order valence-corrected chi connectivity index (χ3v) is 3.15. The molecule has 1 unspecified atom stereocenters. The largest absolute Gasteiger partial charge is 0.395 e. The fourth-order valence-electron chi connectivity index (χ4n) is 2.09. The molecule has 4 nitrogen and oxygen atoms in total. The Morgan fingerprint density at radius 2 is 2.11 bits per heavy atom. The van der Waals surface area contributed by atoms with E-state index < -0.39 is 23.0 Å². The van der Waals surface area contributed by atoms with Crippen molar-refractivity contribution >= 4 is 5.78 Å². The summed E-state index contributed by atoms with van der Waals surface area (Å²) >= 11 is 0. The number of hydrogen-bond donors (Lipinski definition) is 1. The van der Waals surface area contributed by atoms with Crippen LogP contribution < -0.4 is 0 Å². The molecule has 2 rings (SSSR count). The van der Waals surface area contributed by atoms with Crippen LogP contribution in [0.15, 0.2) is 18.2 Å². The Balaban J connectivity index is 2.12. The van der Waals surface area contributed by atoms with Crippen molar-refractivity contribution in [3.63, 3.8) is 0 Å². The summed E-state index contributed by atoms with van der Waals surface area (Å²) < 4.78 is 32.1. The monoisotopic (exact) mass is 271 g/mol. The van der Waals surface area contributed by atoms with Crippen LogP contribution in [0, 0.1) is 11.6 Å². The summed E-state index contributed by atoms with van der Waals surface area (Å²) in [4.78, 5) is 13.7. The number of Topliss-reactive ketones (excluding diaryl/α,β-unsaturated/α-hetero) is 1. The van der Waals surface area contributed by atoms with Crippen LogP contribution in [0.5, 0.6) is 0 Å². The average molecular weight is 271 g/mol. The maximum Gasteiger partial charge on any atom is 0.182 e. The van der Waals surface area contributed by atoms with Crippen molar-refractivity contribution in [2.24, 2.45) is 0 Å². The van der Waals surface area contributed by atoms with E-state index in [1.807, 2.05) is 0 Å². The van der Waals surface area contributed by atoms with Gasteiger partial charge in [-0.3, -0.25) is 9.69 Å². The molecule has 0 saturated carbocycles. The average Bonchev–Trinajstić information content (AvgIpc) is 2.39. The first kappa shape index (κ1) is 14.0. The van der Waals surface area contributed by atoms with Crippen molar-refractivity contribution < 1.29 is 23.4 Å². The van der Waals surface area contributed by atoms with Gasteiger partial charge in [0.2, 0.25) is 0 Å². The number of carbonyl (C=O) groups excluding carboxylic acids is 1. The molecule has 1 aliphatic rings. The van der Waals surface area contributed by atoms with Crippen molar-refractivity contribution in [3.05, 3.63) is 35.4 Å². The molecule has 0 radical (unpaired) electrons. The number of aliphatic hydroxyl groups is 1. The Morgan fingerprint density at radius 3 is 2.74 bits per heavy atom. The molecule has 0 bridgehead atoms. The molecule has 1 fully saturated rings. The van der Waals surface area contributed by atoms with E-state index >= 15 is 0 Å². The van der Waals surface area contributed by atoms with E-state index in [2.05, 4.69) is 0 Å². The molecular weight excluding hydrogens is 256 g/mol. The van der Waals surface area contributed by atoms with Crippen molar-refractivity contribution in [2.75, 3.05) is 32.9 Å². The van der Waals surface area contributed by atoms with Gasteiger partial charge in [0.25, 0.3) is 0 Å². The van der Waals surface area contributed by atoms with Crippen molar-refractivity contribution in [1.29, 1.82) is 0 Å². The predicted molar refractivity (Wildman–Crippen MR) is 64.0 cm³/mol. The van der Waals surface area contributed by atoms with E-state index in [1.165, 1.54) is 6.07 Å². The first-order valence-electron chi connectivity index (χ1n) is 6.03. The predicted octanol–water partition coefficient (Wildman–Crippen LogP) is 0.841. The summed E-state index contributed by atoms with van der Waals surface area (Å²) in [5, 5.41) is 9.17. The number of carbonyl (C=O) groups is 1. The minimum Gasteiger partial charge on any atom is -0.395 e. The number of hydrogen-bond acceptors (Lipinski definition) is 4. The SMILES string of the molecule is O=C(CN1CCOCC1CO)c1c(F)cccc1F. The molecule has 1 heterocycles. The van der Waals surface area contributed by atoms with Crippen LogP contribution in [0.4, 0.5) is 8.78 Å². The van der Waals surface area contributed by atoms with Gasteiger partial charge in [-0.1, -0.05) is 6.07 Å². The highest BCUT2D eigenvalue weighted by Crippen LogP contribution is 2.15. The van der Waals surface area contributed by atoms with Crippen LogP contribution in [0.2, 0.25) is 0 Å². The third-order valence-electron chi connectivity index (χ3n) is 3.15. The Hall–Kier alpha value is -1.37. The zero-order chi connectivity index (χ0) is 13.8. The molecule has 0 amide bonds. The van der Waals surface area contributed by atoms with Crippen LogP contribution in [0.25, 0.3) is 0 Å². The van der Waals surface area contributed by atoms with Gasteiger partial charge in [-0.25, -0.2) is 8.78 Å². The van der Waals surface area contributed by atoms with E-state index in [0.29, 0.717) is 19.8 Å². The second kappa shape index (κ2) is 6.18. The third kappa shape index (κ3) is 3.15. The van der Waals surface area contributed by atoms with Crippen LogP contribution in [0.3, 0.4) is 0 Å². The Kier molecular flexibility index (Phi) is 4.57. The number of benzene rings is 1. The number of halogens is 2. The van der Waals surface area contributed by atoms with E-state index in [-0.39, 0.29) is 19.2 Å². The van der Waals surface area contributed by atoms with E-state index in [9.17, 15) is 18.7 Å². The van der Waals surface area contributed by atoms with Gasteiger partial charge in [0, 0.05) is 6.54 Å². The molecule has 1 aliphatic heterocycles. The molecule has 1 saturated heterocycles. The summed E-state index contributed by atoms with van der Waals surface area (Å²) in [7, 11) is 0. The van der Waals surface area contributed by atoms with Crippen LogP contribution in [-0.2, 0) is 4.74 Å². The van der Waals surface area contributed by atoms with Gasteiger partial charge in [0.15, 0.2) is 5.78 Å². The number of morpholine rings is 1. The quantitative estimate of drug-likeness (QED) is 0.825. The maximum absolute atomic E-state index is 13.5. The number of rotatable bonds is 4. The molecule has 0 spiro atoms. The topological polar surface area (TPSA) is 49.8 Å². The number of aliphatic hydroxyl groups excluding tert-OH is 1. The lowest BCUT2D eigenvalue weighted by molar-refractivity contribution is -0.0241. The summed E-state index contributed by atoms with van der Waals surface area (Å²) in [6.07, 6.45) is 0. The molecule has 1 aromatic rings. The molecule has 0 aromatic heterocycles. The van der Waals surface area contributed by atoms with Gasteiger partial charge in [-0.05, 0) is 12.1 Å². The summed E-state index contributed by atoms with van der Waals surface area (Å²) in [6, 6.07) is 3.01. The summed E-state index contributed by atoms with van der Waals surface area (Å²) in [5.74, 6) is -2.35. The molecule has 104 valence electrons. The second-order valence-electron chi connectivity index (χ2n) is 4.40. The highest BCUT2D eigenvalue weighted by atomic mass is 19.1. The van der Waals surface area contributed by atoms with E-state index in [4.69, 9.17) is 4.74 Å². The highest BCUT2D eigenvalue weighted by molar-refractivity contribution is 5.98. The van der Waals surface area contributed by atoms with Crippen LogP contribution >= 0.6 is 0 Å². The first-order chi connectivity index (χ1) is 9.13. The van der Waals surface area contributed by atoms with Crippen molar-refractivity contribution in [2.45, 2.75) is 6.04 Å². The van der Waals surface area contributed by atoms with E-state index in [1.54, 1.807) is 4.90 Å². The minimum atomic E-state index is -0.862. The number of ether oxygens (including phenoxy) is 1. The Bertz CT molecular complexity index is 447. The lowest BCUT2D eigenvalue weighted by Crippen LogP contribution is -2.49. The number of ketones is 1. The second-order valence-corrected chi connectivity index (χ2v) is 4.40. The van der Waals surface area contributed by atoms with Gasteiger partial charge < -0.3 is 9.84 Å². The first-order valence-corrected chi connectivity index (χ1v) is 6.03. The molecule has 6 heteroatoms. The normalized spacial score (nSPS) is 20.5. The van der Waals surface area contributed by atoms with Gasteiger partial charge in [-0.15, -0.1) is 0 Å². The fourth-order valence-corrected chi connectivity index (χ4v) is 2.09. The van der Waals surface area contributed by atoms with Crippen LogP contribution in [0.1, 0.15) is 10.4 Å².